The molecule has 135 heavy (non-hydrogen) atoms. The summed E-state index contributed by atoms with van der Waals surface area (Å²) in [5.41, 5.74) is 12.3. The number of rotatable bonds is 49. The zero-order valence-corrected chi connectivity index (χ0v) is 75.1. The van der Waals surface area contributed by atoms with Gasteiger partial charge in [0.25, 0.3) is 11.8 Å². The quantitative estimate of drug-likeness (QED) is 0.00572. The summed E-state index contributed by atoms with van der Waals surface area (Å²) in [6, 6.07) is -9.08. The van der Waals surface area contributed by atoms with E-state index >= 15 is 0 Å². The number of hydrogen-bond donors (Lipinski definition) is 26. The van der Waals surface area contributed by atoms with Crippen molar-refractivity contribution >= 4 is 124 Å². The molecule has 51 heteroatoms. The number of carbonyl (C=O) groups excluding carboxylic acids is 17. The Hall–Kier alpha value is -16.1. The van der Waals surface area contributed by atoms with Crippen molar-refractivity contribution < 1.29 is 131 Å². The van der Waals surface area contributed by atoms with E-state index < -0.39 is 253 Å². The Balaban J connectivity index is 0.933. The van der Waals surface area contributed by atoms with E-state index in [1.54, 1.807) is 20.8 Å². The summed E-state index contributed by atoms with van der Waals surface area (Å²) >= 11 is 0. The number of aromatic hydroxyl groups is 2. The molecule has 2 aliphatic rings. The van der Waals surface area contributed by atoms with E-state index in [-0.39, 0.29) is 102 Å². The standard InChI is InChI=1S/C84H112N24O27/c1-11-38(4)66(79(129)107-108(10)83(133)104-55(22-25-64(115)116)74(124)95-39(5)67(117)91-34-62(112)99-56(80(130)131)13-12-26-90-82(86)87)106-75(125)54(21-24-63(113)114)100-69(119)42(8)98-76(126)57(28-45-32-88-35-92-45)102-70(120)41(7)94-68(118)40(6)97-77(127)58(29-46-33-89-36-93-46)103-78(128)65(37(2)3)105-71(121)43(9)96-73(123)53(20-23-61(85)111)101-72(122)44-14-17-50-49(27-44)81(132)135-84(50)51-18-15-47(109)30-59(51)134-60-31-48(110)16-19-52(60)84/h14-19,27,30-33,35-43,53-58,65-66,109-110H,11-13,20-26,28-29,34H2,1-10H3,(H2,85,111)(H,88,92)(H,89,93)(H,91,117)(H,94,118)(H,95,124)(H,96,123)(H,97,127)(H,98,126)(H,99,112)(H,100,119)(H,101,122)(H,102,120)(H,103,128)(H,104,133)(H,105,121)(H,106,125)(H,107,129)(H,113,114)(H,115,116)(H,130,131)(H4,86,87,90)/t38-,39-,40-,41-,42-,43-,53-,54-,55-,56-,57-,58-,65-,66-/m0/s1. The molecule has 1 spiro atoms. The van der Waals surface area contributed by atoms with Crippen LogP contribution in [0.5, 0.6) is 23.0 Å². The lowest BCUT2D eigenvalue weighted by molar-refractivity contribution is -0.142. The number of esters is 1. The van der Waals surface area contributed by atoms with Gasteiger partial charge < -0.3 is 136 Å². The minimum atomic E-state index is -1.76. The summed E-state index contributed by atoms with van der Waals surface area (Å²) in [6.07, 6.45) is 1.38. The number of phenolic OH excluding ortho intramolecular Hbond substituents is 2. The average molecular weight is 1890 g/mol. The van der Waals surface area contributed by atoms with Gasteiger partial charge in [0.1, 0.15) is 102 Å². The normalized spacial score (nSPS) is 15.0. The summed E-state index contributed by atoms with van der Waals surface area (Å²) in [4.78, 5) is 283. The molecular formula is C84H112N24O27. The molecule has 0 fully saturated rings. The van der Waals surface area contributed by atoms with Crippen LogP contribution in [0.25, 0.3) is 0 Å². The number of nitrogens with one attached hydrogen (secondary N) is 19. The Morgan fingerprint density at radius 3 is 1.39 bits per heavy atom. The maximum atomic E-state index is 14.3. The summed E-state index contributed by atoms with van der Waals surface area (Å²) in [5, 5.41) is 93.3. The predicted octanol–water partition coefficient (Wildman–Crippen LogP) is -4.67. The number of fused-ring (bicyclic) bond motifs is 6. The van der Waals surface area contributed by atoms with Crippen LogP contribution < -0.4 is 101 Å². The lowest BCUT2D eigenvalue weighted by Gasteiger charge is -2.36. The molecule has 0 saturated heterocycles. The van der Waals surface area contributed by atoms with Crippen molar-refractivity contribution in [3.8, 4) is 23.0 Å². The number of benzene rings is 3. The number of hydrazine groups is 1. The lowest BCUT2D eigenvalue weighted by atomic mass is 9.77. The van der Waals surface area contributed by atoms with Crippen molar-refractivity contribution in [1.29, 1.82) is 5.41 Å². The summed E-state index contributed by atoms with van der Waals surface area (Å²) in [5.74, 6) is -22.2. The SMILES string of the molecule is CC[C@H](C)[C@H](NC(=O)[C@H](CCC(=O)O)NC(=O)[C@H](C)NC(=O)[C@H](Cc1c[nH]cn1)NC(=O)[C@H](C)NC(=O)[C@H](C)NC(=O)[C@H](Cc1c[nH]cn1)NC(=O)[C@@H](NC(=O)[C@H](C)NC(=O)[C@H](CCC(N)=O)NC(=O)c1ccc2c(c1)C(=O)OC21c2ccc(O)cc2Oc2cc(O)ccc21)C(C)C)C(=O)NN(C)C(=O)N[C@@H](CCC(=O)O)C(=O)N[C@@H](C)C(=O)NCC(=O)N[C@@H](CCCNC(=N)N)C(=O)O. The Labute approximate surface area is 770 Å². The second-order valence-electron chi connectivity index (χ2n) is 32.4. The average Bonchev–Trinajstić information content (AvgIpc) is 1.56. The van der Waals surface area contributed by atoms with Crippen molar-refractivity contribution in [2.75, 3.05) is 20.1 Å². The number of H-pyrrole nitrogens is 2. The van der Waals surface area contributed by atoms with Crippen LogP contribution in [-0.4, -0.2) is 274 Å². The lowest BCUT2D eigenvalue weighted by Crippen LogP contribution is -2.61. The second-order valence-corrected chi connectivity index (χ2v) is 32.4. The number of phenols is 2. The number of ether oxygens (including phenoxy) is 2. The first-order valence-corrected chi connectivity index (χ1v) is 42.6. The van der Waals surface area contributed by atoms with Crippen LogP contribution in [0.2, 0.25) is 0 Å². The molecule has 0 bridgehead atoms. The minimum absolute atomic E-state index is 0.0770. The molecule has 5 aromatic rings. The number of amides is 17. The first-order chi connectivity index (χ1) is 63.6. The van der Waals surface area contributed by atoms with Crippen LogP contribution in [0.1, 0.15) is 169 Å². The number of carboxylic acid groups (broad SMARTS) is 3. The summed E-state index contributed by atoms with van der Waals surface area (Å²) in [6.45, 7) is 11.6. The monoisotopic (exact) mass is 1890 g/mol. The second kappa shape index (κ2) is 48.7. The highest BCUT2D eigenvalue weighted by molar-refractivity contribution is 6.05. The Morgan fingerprint density at radius 2 is 0.919 bits per heavy atom. The maximum absolute atomic E-state index is 14.3. The molecule has 730 valence electrons. The van der Waals surface area contributed by atoms with Crippen LogP contribution in [0, 0.1) is 17.2 Å². The van der Waals surface area contributed by atoms with Gasteiger partial charge in [-0.05, 0) is 115 Å². The van der Waals surface area contributed by atoms with E-state index in [9.17, 15) is 121 Å². The highest BCUT2D eigenvalue weighted by Crippen LogP contribution is 2.57. The number of imidazole rings is 2. The molecule has 17 amide bonds. The molecule has 51 nitrogen and oxygen atoms in total. The number of carbonyl (C=O) groups is 20. The van der Waals surface area contributed by atoms with Crippen LogP contribution in [-0.2, 0) is 105 Å². The summed E-state index contributed by atoms with van der Waals surface area (Å²) < 4.78 is 12.1. The number of aliphatic carboxylic acids is 3. The largest absolute Gasteiger partial charge is 0.508 e. The van der Waals surface area contributed by atoms with Crippen LogP contribution in [0.15, 0.2) is 79.6 Å². The van der Waals surface area contributed by atoms with Crippen molar-refractivity contribution in [3.05, 3.63) is 119 Å². The number of primary amides is 1. The van der Waals surface area contributed by atoms with E-state index in [0.29, 0.717) is 16.1 Å². The van der Waals surface area contributed by atoms with Crippen molar-refractivity contribution in [1.82, 2.24) is 110 Å². The number of aromatic nitrogens is 4. The minimum Gasteiger partial charge on any atom is -0.508 e. The van der Waals surface area contributed by atoms with Crippen molar-refractivity contribution in [2.24, 2.45) is 23.3 Å². The summed E-state index contributed by atoms with van der Waals surface area (Å²) in [7, 11) is 0.997. The topological polar surface area (TPSA) is 790 Å². The molecule has 2 aliphatic heterocycles. The maximum Gasteiger partial charge on any atom is 0.340 e. The number of nitrogens with two attached hydrogens (primary N) is 2. The number of carboxylic acids is 3. The van der Waals surface area contributed by atoms with Gasteiger partial charge in [-0.25, -0.2) is 29.4 Å². The molecule has 3 aromatic carbocycles. The van der Waals surface area contributed by atoms with Gasteiger partial charge in [0.15, 0.2) is 11.6 Å². The van der Waals surface area contributed by atoms with Gasteiger partial charge in [-0.3, -0.25) is 92.3 Å². The van der Waals surface area contributed by atoms with Gasteiger partial charge in [0.2, 0.25) is 76.8 Å². The van der Waals surface area contributed by atoms with Gasteiger partial charge >= 0.3 is 29.9 Å². The van der Waals surface area contributed by atoms with E-state index in [2.05, 4.69) is 105 Å². The fourth-order valence-electron chi connectivity index (χ4n) is 13.8. The number of aromatic amines is 2. The Morgan fingerprint density at radius 1 is 0.481 bits per heavy atom. The van der Waals surface area contributed by atoms with E-state index in [4.69, 9.17) is 26.4 Å². The fourth-order valence-corrected chi connectivity index (χ4v) is 13.8. The molecule has 7 rings (SSSR count). The molecule has 0 unspecified atom stereocenters. The number of guanidine groups is 1. The number of nitrogens with zero attached hydrogens (tertiary/aromatic N) is 3. The molecule has 0 aliphatic carbocycles. The van der Waals surface area contributed by atoms with E-state index in [1.165, 1.54) is 114 Å². The van der Waals surface area contributed by atoms with Crippen molar-refractivity contribution in [2.45, 2.75) is 217 Å². The van der Waals surface area contributed by atoms with Gasteiger partial charge in [-0.1, -0.05) is 40.2 Å². The zero-order chi connectivity index (χ0) is 100. The molecule has 14 atom stereocenters. The van der Waals surface area contributed by atoms with Crippen LogP contribution >= 0.6 is 0 Å². The number of hydrogen-bond acceptors (Lipinski definition) is 27. The first-order valence-electron chi connectivity index (χ1n) is 42.6. The predicted molar refractivity (Wildman–Crippen MR) is 468 cm³/mol. The first kappa shape index (κ1) is 106. The highest BCUT2D eigenvalue weighted by Gasteiger charge is 2.54. The Kier molecular flexibility index (Phi) is 38.3. The molecule has 2 aromatic heterocycles. The third-order valence-corrected chi connectivity index (χ3v) is 21.5. The van der Waals surface area contributed by atoms with Crippen LogP contribution in [0.4, 0.5) is 4.79 Å². The molecule has 0 saturated carbocycles. The molecule has 4 heterocycles. The fraction of sp³-hybridized carbons (Fsp3) is 0.464. The highest BCUT2D eigenvalue weighted by atomic mass is 16.6. The third-order valence-electron chi connectivity index (χ3n) is 21.5. The third kappa shape index (κ3) is 30.3. The molecule has 0 radical (unpaired) electrons. The van der Waals surface area contributed by atoms with Gasteiger partial charge in [-0.15, -0.1) is 0 Å². The Bertz CT molecular complexity index is 5210. The van der Waals surface area contributed by atoms with Gasteiger partial charge in [0, 0.05) is 92.5 Å². The van der Waals surface area contributed by atoms with Gasteiger partial charge in [0.05, 0.1) is 36.2 Å². The molecular weight excluding hydrogens is 1780 g/mol. The zero-order valence-electron chi connectivity index (χ0n) is 75.1. The number of urea groups is 1. The molecule has 28 N–H and O–H groups in total. The van der Waals surface area contributed by atoms with E-state index in [1.807, 2.05) is 0 Å². The van der Waals surface area contributed by atoms with Crippen LogP contribution in [0.3, 0.4) is 0 Å². The van der Waals surface area contributed by atoms with Crippen molar-refractivity contribution in [3.63, 3.8) is 0 Å². The van der Waals surface area contributed by atoms with Gasteiger partial charge in [-0.2, -0.15) is 0 Å². The van der Waals surface area contributed by atoms with E-state index in [0.717, 1.165) is 14.0 Å². The smallest absolute Gasteiger partial charge is 0.340 e.